The molecule has 5 fully saturated rings. The van der Waals surface area contributed by atoms with Crippen molar-refractivity contribution < 1.29 is 9.53 Å². The number of hydrogen-bond donors (Lipinski definition) is 1. The fraction of sp³-hybridized carbons (Fsp3) is 0.655. The summed E-state index contributed by atoms with van der Waals surface area (Å²) in [5.41, 5.74) is 3.46. The first kappa shape index (κ1) is 23.8. The number of ether oxygens (including phenoxy) is 1. The van der Waals surface area contributed by atoms with Crippen LogP contribution in [0.1, 0.15) is 93.9 Å². The lowest BCUT2D eigenvalue weighted by atomic mass is 9.74. The maximum Gasteiger partial charge on any atom is 0.407 e. The molecule has 2 aromatic rings. The number of nitrogens with zero attached hydrogens (tertiary/aromatic N) is 4. The smallest absolute Gasteiger partial charge is 0.407 e. The van der Waals surface area contributed by atoms with E-state index in [1.165, 1.54) is 62.8 Å². The fourth-order valence-electron chi connectivity index (χ4n) is 7.01. The van der Waals surface area contributed by atoms with Gasteiger partial charge in [0.1, 0.15) is 6.61 Å². The van der Waals surface area contributed by atoms with Crippen LogP contribution in [0, 0.1) is 5.92 Å². The van der Waals surface area contributed by atoms with Gasteiger partial charge in [0.05, 0.1) is 0 Å². The van der Waals surface area contributed by atoms with E-state index in [1.54, 1.807) is 0 Å². The van der Waals surface area contributed by atoms with Crippen LogP contribution in [0.15, 0.2) is 30.6 Å². The van der Waals surface area contributed by atoms with Crippen molar-refractivity contribution in [3.05, 3.63) is 42.0 Å². The van der Waals surface area contributed by atoms with Gasteiger partial charge < -0.3 is 10.1 Å². The molecule has 36 heavy (non-hydrogen) atoms. The van der Waals surface area contributed by atoms with Crippen LogP contribution in [0.2, 0.25) is 0 Å². The van der Waals surface area contributed by atoms with Crippen LogP contribution in [0.3, 0.4) is 0 Å². The third kappa shape index (κ3) is 5.26. The van der Waals surface area contributed by atoms with E-state index in [9.17, 15) is 4.79 Å². The molecule has 2 bridgehead atoms. The van der Waals surface area contributed by atoms with Gasteiger partial charge in [-0.15, -0.1) is 0 Å². The van der Waals surface area contributed by atoms with E-state index in [4.69, 9.17) is 14.7 Å². The molecule has 0 aromatic carbocycles. The maximum atomic E-state index is 12.4. The van der Waals surface area contributed by atoms with E-state index >= 15 is 0 Å². The minimum absolute atomic E-state index is 0.236. The average Bonchev–Trinajstić information content (AvgIpc) is 3.48. The first-order valence-corrected chi connectivity index (χ1v) is 14.2. The molecule has 1 N–H and O–H groups in total. The van der Waals surface area contributed by atoms with E-state index in [0.717, 1.165) is 43.7 Å². The molecule has 2 aliphatic carbocycles. The summed E-state index contributed by atoms with van der Waals surface area (Å²) in [6.07, 6.45) is 16.6. The number of carbonyl (C=O) groups is 1. The summed E-state index contributed by atoms with van der Waals surface area (Å²) in [5.74, 6) is 2.38. The Kier molecular flexibility index (Phi) is 7.17. The lowest BCUT2D eigenvalue weighted by Gasteiger charge is -2.49. The number of alkyl carbamates (subject to hydrolysis) is 1. The topological polar surface area (TPSA) is 80.2 Å². The first-order valence-electron chi connectivity index (χ1n) is 14.2. The highest BCUT2D eigenvalue weighted by molar-refractivity contribution is 5.67. The van der Waals surface area contributed by atoms with Crippen LogP contribution >= 0.6 is 0 Å². The van der Waals surface area contributed by atoms with E-state index < -0.39 is 0 Å². The quantitative estimate of drug-likeness (QED) is 0.583. The Balaban J connectivity index is 1.14. The van der Waals surface area contributed by atoms with Crippen molar-refractivity contribution >= 4 is 6.09 Å². The van der Waals surface area contributed by atoms with Crippen molar-refractivity contribution in [2.24, 2.45) is 5.92 Å². The van der Waals surface area contributed by atoms with Gasteiger partial charge >= 0.3 is 6.09 Å². The molecule has 3 aliphatic heterocycles. The van der Waals surface area contributed by atoms with Gasteiger partial charge in [-0.2, -0.15) is 0 Å². The van der Waals surface area contributed by atoms with E-state index in [0.29, 0.717) is 36.4 Å². The van der Waals surface area contributed by atoms with Gasteiger partial charge in [-0.05, 0) is 69.2 Å². The Morgan fingerprint density at radius 3 is 2.47 bits per heavy atom. The Morgan fingerprint density at radius 1 is 0.972 bits per heavy atom. The molecule has 1 amide bonds. The van der Waals surface area contributed by atoms with Crippen LogP contribution in [0.25, 0.3) is 11.4 Å². The summed E-state index contributed by atoms with van der Waals surface area (Å²) in [4.78, 5) is 29.3. The van der Waals surface area contributed by atoms with Crippen LogP contribution in [0.5, 0.6) is 0 Å². The van der Waals surface area contributed by atoms with E-state index in [1.807, 2.05) is 24.5 Å². The predicted molar refractivity (Wildman–Crippen MR) is 139 cm³/mol. The molecule has 0 radical (unpaired) electrons. The Hall–Kier alpha value is -2.54. The lowest BCUT2D eigenvalue weighted by Crippen LogP contribution is -2.54. The number of aromatic nitrogens is 3. The predicted octanol–water partition coefficient (Wildman–Crippen LogP) is 5.43. The first-order chi connectivity index (χ1) is 17.7. The SMILES string of the molecule is O=C(NC1CCCCC1)OC[C@H]1C[C@@H]2CCN1C[C@H]2c1cc(C2CCCC2)nc(-c2ccncc2)n1. The van der Waals surface area contributed by atoms with Crippen LogP contribution in [-0.4, -0.2) is 57.7 Å². The summed E-state index contributed by atoms with van der Waals surface area (Å²) in [6.45, 7) is 2.55. The summed E-state index contributed by atoms with van der Waals surface area (Å²) >= 11 is 0. The molecule has 4 atom stereocenters. The monoisotopic (exact) mass is 489 g/mol. The summed E-state index contributed by atoms with van der Waals surface area (Å²) in [6, 6.07) is 6.95. The summed E-state index contributed by atoms with van der Waals surface area (Å²) in [5, 5.41) is 3.09. The number of pyridine rings is 1. The third-order valence-electron chi connectivity index (χ3n) is 9.07. The Labute approximate surface area is 214 Å². The normalized spacial score (nSPS) is 28.8. The van der Waals surface area contributed by atoms with Crippen molar-refractivity contribution in [2.45, 2.75) is 94.5 Å². The molecule has 7 heteroatoms. The number of fused-ring (bicyclic) bond motifs is 3. The van der Waals surface area contributed by atoms with Crippen molar-refractivity contribution in [1.82, 2.24) is 25.2 Å². The molecule has 192 valence electrons. The summed E-state index contributed by atoms with van der Waals surface area (Å²) < 4.78 is 5.72. The number of piperidine rings is 3. The van der Waals surface area contributed by atoms with Gasteiger partial charge in [-0.3, -0.25) is 9.88 Å². The minimum Gasteiger partial charge on any atom is -0.448 e. The molecular formula is C29H39N5O2. The molecule has 5 aliphatic rings. The van der Waals surface area contributed by atoms with Gasteiger partial charge in [0, 0.05) is 59.8 Å². The zero-order chi connectivity index (χ0) is 24.3. The zero-order valence-corrected chi connectivity index (χ0v) is 21.3. The molecule has 2 aromatic heterocycles. The number of carbonyl (C=O) groups excluding carboxylic acids is 1. The molecule has 2 saturated carbocycles. The van der Waals surface area contributed by atoms with Gasteiger partial charge in [-0.1, -0.05) is 32.1 Å². The zero-order valence-electron chi connectivity index (χ0n) is 21.3. The second-order valence-corrected chi connectivity index (χ2v) is 11.4. The van der Waals surface area contributed by atoms with Crippen LogP contribution in [0.4, 0.5) is 4.79 Å². The second-order valence-electron chi connectivity index (χ2n) is 11.4. The van der Waals surface area contributed by atoms with Crippen LogP contribution in [-0.2, 0) is 4.74 Å². The molecule has 0 spiro atoms. The Bertz CT molecular complexity index is 1040. The van der Waals surface area contributed by atoms with E-state index in [2.05, 4.69) is 21.3 Å². The Morgan fingerprint density at radius 2 is 1.72 bits per heavy atom. The van der Waals surface area contributed by atoms with E-state index in [-0.39, 0.29) is 6.09 Å². The van der Waals surface area contributed by atoms with Crippen LogP contribution < -0.4 is 5.32 Å². The number of amides is 1. The highest BCUT2D eigenvalue weighted by Crippen LogP contribution is 2.43. The van der Waals surface area contributed by atoms with Gasteiger partial charge in [0.2, 0.25) is 0 Å². The van der Waals surface area contributed by atoms with Crippen molar-refractivity contribution in [3.8, 4) is 11.4 Å². The highest BCUT2D eigenvalue weighted by Gasteiger charge is 2.42. The van der Waals surface area contributed by atoms with Gasteiger partial charge in [0.25, 0.3) is 0 Å². The van der Waals surface area contributed by atoms with Crippen molar-refractivity contribution in [1.29, 1.82) is 0 Å². The van der Waals surface area contributed by atoms with Gasteiger partial charge in [0.15, 0.2) is 5.82 Å². The molecule has 5 heterocycles. The number of hydrogen-bond acceptors (Lipinski definition) is 6. The van der Waals surface area contributed by atoms with Crippen molar-refractivity contribution in [2.75, 3.05) is 19.7 Å². The fourth-order valence-corrected chi connectivity index (χ4v) is 7.01. The third-order valence-corrected chi connectivity index (χ3v) is 9.07. The maximum absolute atomic E-state index is 12.4. The van der Waals surface area contributed by atoms with Crippen molar-refractivity contribution in [3.63, 3.8) is 0 Å². The minimum atomic E-state index is -0.236. The summed E-state index contributed by atoms with van der Waals surface area (Å²) in [7, 11) is 0. The van der Waals surface area contributed by atoms with Gasteiger partial charge in [-0.25, -0.2) is 14.8 Å². The number of nitrogens with one attached hydrogen (secondary N) is 1. The molecule has 1 unspecified atom stereocenters. The molecule has 3 saturated heterocycles. The second kappa shape index (κ2) is 10.8. The standard InChI is InChI=1S/C29H39N5O2/c35-29(31-23-8-2-1-3-9-23)36-19-24-16-22-12-15-34(24)18-25(22)27-17-26(20-6-4-5-7-20)32-28(33-27)21-10-13-30-14-11-21/h10-11,13-14,17,20,22-25H,1-9,12,15-16,18-19H2,(H,31,35)/t22-,24+,25+/m0/s1. The molecule has 7 nitrogen and oxygen atoms in total. The largest absolute Gasteiger partial charge is 0.448 e. The lowest BCUT2D eigenvalue weighted by molar-refractivity contribution is -0.00401. The molecule has 7 rings (SSSR count). The molecular weight excluding hydrogens is 450 g/mol. The highest BCUT2D eigenvalue weighted by atomic mass is 16.5. The number of rotatable bonds is 6. The average molecular weight is 490 g/mol.